The van der Waals surface area contributed by atoms with Crippen LogP contribution in [0.2, 0.25) is 0 Å². The Morgan fingerprint density at radius 1 is 1.44 bits per heavy atom. The Morgan fingerprint density at radius 3 is 2.94 bits per heavy atom. The summed E-state index contributed by atoms with van der Waals surface area (Å²) in [6.45, 7) is 10.2. The zero-order valence-corrected chi connectivity index (χ0v) is 12.1. The Balaban J connectivity index is 1.72. The van der Waals surface area contributed by atoms with Gasteiger partial charge in [0.1, 0.15) is 0 Å². The maximum absolute atomic E-state index is 5.35. The zero-order valence-electron chi connectivity index (χ0n) is 11.3. The van der Waals surface area contributed by atoms with Gasteiger partial charge in [0.2, 0.25) is 0 Å². The summed E-state index contributed by atoms with van der Waals surface area (Å²) in [5.41, 5.74) is 1.17. The average molecular weight is 269 g/mol. The lowest BCUT2D eigenvalue weighted by atomic mass is 10.3. The highest BCUT2D eigenvalue weighted by molar-refractivity contribution is 7.09. The molecule has 18 heavy (non-hydrogen) atoms. The highest BCUT2D eigenvalue weighted by Gasteiger charge is 2.11. The molecule has 1 N–H and O–H groups in total. The molecule has 1 aromatic rings. The third-order valence-electron chi connectivity index (χ3n) is 3.04. The van der Waals surface area contributed by atoms with E-state index in [1.165, 1.54) is 10.7 Å². The quantitative estimate of drug-likeness (QED) is 0.849. The molecule has 0 amide bonds. The molecule has 4 nitrogen and oxygen atoms in total. The van der Waals surface area contributed by atoms with Gasteiger partial charge >= 0.3 is 0 Å². The molecule has 0 saturated carbocycles. The predicted octanol–water partition coefficient (Wildman–Crippen LogP) is 1.52. The van der Waals surface area contributed by atoms with Gasteiger partial charge in [0, 0.05) is 44.0 Å². The predicted molar refractivity (Wildman–Crippen MR) is 75.1 cm³/mol. The number of nitrogens with zero attached hydrogens (tertiary/aromatic N) is 2. The van der Waals surface area contributed by atoms with E-state index in [9.17, 15) is 0 Å². The van der Waals surface area contributed by atoms with Crippen molar-refractivity contribution < 1.29 is 4.74 Å². The Kier molecular flexibility index (Phi) is 5.56. The van der Waals surface area contributed by atoms with Crippen molar-refractivity contribution in [3.05, 3.63) is 16.1 Å². The number of morpholine rings is 1. The van der Waals surface area contributed by atoms with Crippen molar-refractivity contribution in [2.24, 2.45) is 0 Å². The summed E-state index contributed by atoms with van der Waals surface area (Å²) in [7, 11) is 0. The molecule has 2 heterocycles. The van der Waals surface area contributed by atoms with Crippen LogP contribution in [0.4, 0.5) is 0 Å². The lowest BCUT2D eigenvalue weighted by Gasteiger charge is -2.25. The molecule has 1 aliphatic heterocycles. The van der Waals surface area contributed by atoms with Crippen molar-refractivity contribution in [3.8, 4) is 0 Å². The summed E-state index contributed by atoms with van der Waals surface area (Å²) in [5, 5.41) is 6.82. The Bertz CT molecular complexity index is 348. The van der Waals surface area contributed by atoms with Crippen molar-refractivity contribution in [1.82, 2.24) is 15.2 Å². The average Bonchev–Trinajstić information content (AvgIpc) is 2.83. The van der Waals surface area contributed by atoms with E-state index >= 15 is 0 Å². The van der Waals surface area contributed by atoms with Gasteiger partial charge in [-0.2, -0.15) is 0 Å². The van der Waals surface area contributed by atoms with Crippen LogP contribution >= 0.6 is 11.3 Å². The Hall–Kier alpha value is -0.490. The lowest BCUT2D eigenvalue weighted by molar-refractivity contribution is 0.0384. The molecule has 0 bridgehead atoms. The molecule has 1 aliphatic rings. The van der Waals surface area contributed by atoms with Gasteiger partial charge in [0.15, 0.2) is 0 Å². The molecule has 0 aromatic carbocycles. The van der Waals surface area contributed by atoms with E-state index in [-0.39, 0.29) is 0 Å². The van der Waals surface area contributed by atoms with Crippen molar-refractivity contribution in [2.75, 3.05) is 32.8 Å². The van der Waals surface area contributed by atoms with Gasteiger partial charge in [-0.05, 0) is 0 Å². The topological polar surface area (TPSA) is 37.4 Å². The minimum atomic E-state index is 0.517. The molecule has 102 valence electrons. The molecule has 2 rings (SSSR count). The van der Waals surface area contributed by atoms with Crippen LogP contribution in [0.15, 0.2) is 5.38 Å². The smallest absolute Gasteiger partial charge is 0.0941 e. The molecule has 1 saturated heterocycles. The second-order valence-corrected chi connectivity index (χ2v) is 5.91. The zero-order chi connectivity index (χ0) is 12.8. The summed E-state index contributed by atoms with van der Waals surface area (Å²) in [6.07, 6.45) is 1.06. The van der Waals surface area contributed by atoms with Crippen LogP contribution in [-0.4, -0.2) is 48.8 Å². The van der Waals surface area contributed by atoms with E-state index in [0.717, 1.165) is 45.8 Å². The molecule has 5 heteroatoms. The van der Waals surface area contributed by atoms with Crippen LogP contribution in [0.25, 0.3) is 0 Å². The van der Waals surface area contributed by atoms with Crippen molar-refractivity contribution >= 4 is 11.3 Å². The van der Waals surface area contributed by atoms with Gasteiger partial charge in [-0.15, -0.1) is 11.3 Å². The van der Waals surface area contributed by atoms with E-state index < -0.39 is 0 Å². The standard InChI is InChI=1S/C13H23N3OS/c1-11(2)14-9-12-10-18-13(15-12)3-4-16-5-7-17-8-6-16/h10-11,14H,3-9H2,1-2H3. The molecule has 0 atom stereocenters. The number of nitrogens with one attached hydrogen (secondary N) is 1. The fourth-order valence-electron chi connectivity index (χ4n) is 1.93. The van der Waals surface area contributed by atoms with Crippen LogP contribution in [0, 0.1) is 0 Å². The summed E-state index contributed by atoms with van der Waals surface area (Å²) in [5.74, 6) is 0. The first-order valence-electron chi connectivity index (χ1n) is 6.71. The minimum absolute atomic E-state index is 0.517. The van der Waals surface area contributed by atoms with E-state index in [2.05, 4.69) is 34.4 Å². The van der Waals surface area contributed by atoms with E-state index in [1.54, 1.807) is 11.3 Å². The maximum atomic E-state index is 5.35. The second-order valence-electron chi connectivity index (χ2n) is 4.97. The van der Waals surface area contributed by atoms with Gasteiger partial charge in [0.25, 0.3) is 0 Å². The Labute approximate surface area is 113 Å². The van der Waals surface area contributed by atoms with Crippen molar-refractivity contribution in [2.45, 2.75) is 32.9 Å². The van der Waals surface area contributed by atoms with Gasteiger partial charge in [-0.1, -0.05) is 13.8 Å². The second kappa shape index (κ2) is 7.19. The summed E-state index contributed by atoms with van der Waals surface area (Å²) in [4.78, 5) is 7.12. The molecular formula is C13H23N3OS. The number of thiazole rings is 1. The molecule has 0 spiro atoms. The lowest BCUT2D eigenvalue weighted by Crippen LogP contribution is -2.37. The highest BCUT2D eigenvalue weighted by atomic mass is 32.1. The van der Waals surface area contributed by atoms with E-state index in [1.807, 2.05) is 0 Å². The minimum Gasteiger partial charge on any atom is -0.379 e. The normalized spacial score (nSPS) is 17.5. The van der Waals surface area contributed by atoms with Crippen LogP contribution in [0.1, 0.15) is 24.5 Å². The SMILES string of the molecule is CC(C)NCc1csc(CCN2CCOCC2)n1. The van der Waals surface area contributed by atoms with Crippen molar-refractivity contribution in [1.29, 1.82) is 0 Å². The first-order chi connectivity index (χ1) is 8.74. The third-order valence-corrected chi connectivity index (χ3v) is 3.99. The van der Waals surface area contributed by atoms with Gasteiger partial charge in [0.05, 0.1) is 23.9 Å². The number of hydrogen-bond acceptors (Lipinski definition) is 5. The van der Waals surface area contributed by atoms with Crippen LogP contribution in [0.5, 0.6) is 0 Å². The number of aromatic nitrogens is 1. The molecular weight excluding hydrogens is 246 g/mol. The highest BCUT2D eigenvalue weighted by Crippen LogP contribution is 2.11. The Morgan fingerprint density at radius 2 is 2.22 bits per heavy atom. The molecule has 0 aliphatic carbocycles. The van der Waals surface area contributed by atoms with Gasteiger partial charge in [-0.25, -0.2) is 4.98 Å². The van der Waals surface area contributed by atoms with E-state index in [4.69, 9.17) is 4.74 Å². The maximum Gasteiger partial charge on any atom is 0.0941 e. The van der Waals surface area contributed by atoms with Gasteiger partial charge in [-0.3, -0.25) is 4.90 Å². The summed E-state index contributed by atoms with van der Waals surface area (Å²) in [6, 6.07) is 0.517. The van der Waals surface area contributed by atoms with Gasteiger partial charge < -0.3 is 10.1 Å². The van der Waals surface area contributed by atoms with Crippen molar-refractivity contribution in [3.63, 3.8) is 0 Å². The molecule has 1 fully saturated rings. The molecule has 0 unspecified atom stereocenters. The largest absolute Gasteiger partial charge is 0.379 e. The monoisotopic (exact) mass is 269 g/mol. The number of hydrogen-bond donors (Lipinski definition) is 1. The van der Waals surface area contributed by atoms with Crippen LogP contribution in [0.3, 0.4) is 0 Å². The van der Waals surface area contributed by atoms with Crippen LogP contribution in [-0.2, 0) is 17.7 Å². The molecule has 1 aromatic heterocycles. The first-order valence-corrected chi connectivity index (χ1v) is 7.59. The third kappa shape index (κ3) is 4.65. The van der Waals surface area contributed by atoms with E-state index in [0.29, 0.717) is 6.04 Å². The summed E-state index contributed by atoms with van der Waals surface area (Å²) < 4.78 is 5.35. The fraction of sp³-hybridized carbons (Fsp3) is 0.769. The van der Waals surface area contributed by atoms with Crippen LogP contribution < -0.4 is 5.32 Å². The number of rotatable bonds is 6. The molecule has 0 radical (unpaired) electrons. The fourth-order valence-corrected chi connectivity index (χ4v) is 2.72. The first kappa shape index (κ1) is 13.9. The number of ether oxygens (including phenoxy) is 1. The summed E-state index contributed by atoms with van der Waals surface area (Å²) >= 11 is 1.78.